The van der Waals surface area contributed by atoms with E-state index in [1.54, 1.807) is 62.3 Å². The number of ether oxygens (including phenoxy) is 3. The summed E-state index contributed by atoms with van der Waals surface area (Å²) in [4.78, 5) is 58.7. The van der Waals surface area contributed by atoms with Crippen molar-refractivity contribution in [3.8, 4) is 17.6 Å². The van der Waals surface area contributed by atoms with Crippen LogP contribution in [0.4, 0.5) is 18.8 Å². The smallest absolute Gasteiger partial charge is 0.420 e. The minimum absolute atomic E-state index is 0.0306. The Morgan fingerprint density at radius 3 is 2.02 bits per heavy atom. The Morgan fingerprint density at radius 2 is 1.53 bits per heavy atom. The van der Waals surface area contributed by atoms with Crippen molar-refractivity contribution in [1.82, 2.24) is 19.6 Å². The van der Waals surface area contributed by atoms with Crippen LogP contribution < -0.4 is 4.74 Å². The zero-order chi connectivity index (χ0) is 44.5. The Kier molecular flexibility index (Phi) is 14.5. The van der Waals surface area contributed by atoms with Gasteiger partial charge < -0.3 is 29.3 Å². The van der Waals surface area contributed by atoms with Crippen LogP contribution in [0.2, 0.25) is 35.7 Å². The standard InChI is InChI=1S/C39H51Cl3FN5O9Si/c1-36(2,3)39(47(33(50)51)34(52)53)46(22-55-15-16-58(10,11)12)29(31(42)48(39)37(4,5)6)32(49)45(35(54)57-38(7,8)9)21-24-13-14-27(41)30(28(24)43)56-26-18-23(20-44)17-25(40)19-26/h13-14,17-19H,15-16,21-22H2,1-12H3,(H,50,51)(H,52,53). The molecule has 0 fully saturated rings. The number of amides is 4. The topological polar surface area (TPSA) is 173 Å². The van der Waals surface area contributed by atoms with Crippen molar-refractivity contribution in [1.29, 1.82) is 5.26 Å². The molecular weight excluding hydrogens is 836 g/mol. The minimum Gasteiger partial charge on any atom is -0.464 e. The molecule has 0 radical (unpaired) electrons. The molecule has 1 heterocycles. The zero-order valence-corrected chi connectivity index (χ0v) is 38.0. The second kappa shape index (κ2) is 17.5. The number of hydrogen-bond acceptors (Lipinski definition) is 10. The second-order valence-corrected chi connectivity index (χ2v) is 24.6. The van der Waals surface area contributed by atoms with Crippen LogP contribution in [0.25, 0.3) is 0 Å². The van der Waals surface area contributed by atoms with Crippen LogP contribution in [0, 0.1) is 22.6 Å². The number of benzene rings is 2. The van der Waals surface area contributed by atoms with E-state index >= 15 is 9.18 Å². The Labute approximate surface area is 354 Å². The third kappa shape index (κ3) is 10.5. The maximum Gasteiger partial charge on any atom is 0.420 e. The Hall–Kier alpha value is -4.27. The molecule has 1 unspecified atom stereocenters. The van der Waals surface area contributed by atoms with Gasteiger partial charge in [-0.2, -0.15) is 10.2 Å². The lowest BCUT2D eigenvalue weighted by molar-refractivity contribution is -0.203. The predicted octanol–water partition coefficient (Wildman–Crippen LogP) is 10.6. The number of imide groups is 2. The average molecular weight is 887 g/mol. The Morgan fingerprint density at radius 1 is 0.948 bits per heavy atom. The van der Waals surface area contributed by atoms with Crippen molar-refractivity contribution >= 4 is 67.1 Å². The lowest BCUT2D eigenvalue weighted by atomic mass is 9.81. The monoisotopic (exact) mass is 885 g/mol. The van der Waals surface area contributed by atoms with E-state index in [9.17, 15) is 29.9 Å². The van der Waals surface area contributed by atoms with E-state index < -0.39 is 90.3 Å². The molecule has 318 valence electrons. The van der Waals surface area contributed by atoms with Crippen molar-refractivity contribution in [2.24, 2.45) is 5.41 Å². The van der Waals surface area contributed by atoms with Gasteiger partial charge in [-0.3, -0.25) is 9.69 Å². The van der Waals surface area contributed by atoms with Crippen LogP contribution in [0.1, 0.15) is 73.4 Å². The third-order valence-corrected chi connectivity index (χ3v) is 11.2. The van der Waals surface area contributed by atoms with Crippen LogP contribution in [0.15, 0.2) is 41.2 Å². The van der Waals surface area contributed by atoms with Crippen molar-refractivity contribution < 1.29 is 48.0 Å². The second-order valence-electron chi connectivity index (χ2n) is 17.8. The summed E-state index contributed by atoms with van der Waals surface area (Å²) in [5.74, 6) is -5.16. The highest BCUT2D eigenvalue weighted by atomic mass is 35.5. The molecule has 1 aliphatic rings. The molecule has 58 heavy (non-hydrogen) atoms. The summed E-state index contributed by atoms with van der Waals surface area (Å²) < 4.78 is 34.1. The number of carboxylic acid groups (broad SMARTS) is 2. The molecule has 3 rings (SSSR count). The van der Waals surface area contributed by atoms with Crippen LogP contribution in [-0.4, -0.2) is 92.3 Å². The fraction of sp³-hybridized carbons (Fsp3) is 0.513. The first-order chi connectivity index (χ1) is 26.4. The molecule has 0 aromatic heterocycles. The number of nitriles is 1. The van der Waals surface area contributed by atoms with Gasteiger partial charge in [-0.15, -0.1) is 0 Å². The molecule has 2 aromatic carbocycles. The highest BCUT2D eigenvalue weighted by Crippen LogP contribution is 2.54. The molecule has 2 N–H and O–H groups in total. The summed E-state index contributed by atoms with van der Waals surface area (Å²) in [6.07, 6.45) is -5.02. The minimum atomic E-state index is -2.32. The number of nitrogens with zero attached hydrogens (tertiary/aromatic N) is 5. The normalized spacial score (nSPS) is 16.3. The van der Waals surface area contributed by atoms with Gasteiger partial charge in [0, 0.05) is 36.2 Å². The van der Waals surface area contributed by atoms with E-state index in [-0.39, 0.29) is 38.4 Å². The van der Waals surface area contributed by atoms with Gasteiger partial charge in [-0.25, -0.2) is 23.7 Å². The summed E-state index contributed by atoms with van der Waals surface area (Å²) in [5, 5.41) is 30.1. The SMILES string of the molecule is CC(C)(C)OC(=O)N(Cc1ccc(Cl)c(Oc2cc(Cl)cc(C#N)c2)c1F)C(=O)C1=C(Cl)N(C(C)(C)C)C(N(C(=O)O)C(=O)O)(C(C)(C)C)N1COCC[Si](C)(C)C. The van der Waals surface area contributed by atoms with Gasteiger partial charge in [-0.1, -0.05) is 81.3 Å². The van der Waals surface area contributed by atoms with Gasteiger partial charge in [0.1, 0.15) is 28.9 Å². The van der Waals surface area contributed by atoms with Gasteiger partial charge in [0.15, 0.2) is 11.6 Å². The molecule has 14 nitrogen and oxygen atoms in total. The van der Waals surface area contributed by atoms with Crippen LogP contribution in [0.5, 0.6) is 11.5 Å². The molecule has 1 atom stereocenters. The van der Waals surface area contributed by atoms with E-state index in [1.165, 1.54) is 35.2 Å². The largest absolute Gasteiger partial charge is 0.464 e. The molecule has 1 aliphatic heterocycles. The number of halogens is 4. The maximum atomic E-state index is 16.5. The van der Waals surface area contributed by atoms with Crippen molar-refractivity contribution in [2.45, 2.75) is 111 Å². The quantitative estimate of drug-likeness (QED) is 0.124. The van der Waals surface area contributed by atoms with E-state index in [0.29, 0.717) is 10.9 Å². The average Bonchev–Trinajstić information content (AvgIpc) is 3.31. The molecular formula is C39H51Cl3FN5O9Si. The number of hydrogen-bond donors (Lipinski definition) is 2. The summed E-state index contributed by atoms with van der Waals surface area (Å²) in [5.41, 5.74) is -4.49. The summed E-state index contributed by atoms with van der Waals surface area (Å²) in [7, 11) is -1.71. The summed E-state index contributed by atoms with van der Waals surface area (Å²) in [6, 6.07) is 9.06. The molecule has 19 heteroatoms. The van der Waals surface area contributed by atoms with Gasteiger partial charge in [-0.05, 0) is 71.9 Å². The number of carbonyl (C=O) groups is 4. The first-order valence-electron chi connectivity index (χ1n) is 18.1. The van der Waals surface area contributed by atoms with E-state index in [0.717, 1.165) is 4.90 Å². The first kappa shape index (κ1) is 48.1. The molecule has 0 bridgehead atoms. The van der Waals surface area contributed by atoms with Crippen LogP contribution in [-0.2, 0) is 20.8 Å². The first-order valence-corrected chi connectivity index (χ1v) is 22.9. The molecule has 0 saturated carbocycles. The predicted molar refractivity (Wildman–Crippen MR) is 220 cm³/mol. The Balaban J connectivity index is 2.38. The van der Waals surface area contributed by atoms with Crippen molar-refractivity contribution in [2.75, 3.05) is 13.3 Å². The fourth-order valence-corrected chi connectivity index (χ4v) is 8.08. The Bertz CT molecular complexity index is 2000. The number of rotatable bonds is 11. The lowest BCUT2D eigenvalue weighted by Crippen LogP contribution is -2.77. The summed E-state index contributed by atoms with van der Waals surface area (Å²) in [6.45, 7) is 19.4. The molecule has 4 amide bonds. The number of carbonyl (C=O) groups excluding carboxylic acids is 2. The van der Waals surface area contributed by atoms with E-state index in [2.05, 4.69) is 19.6 Å². The highest BCUT2D eigenvalue weighted by molar-refractivity contribution is 6.76. The van der Waals surface area contributed by atoms with E-state index in [1.807, 2.05) is 6.07 Å². The molecule has 0 spiro atoms. The maximum absolute atomic E-state index is 16.5. The fourth-order valence-electron chi connectivity index (χ4n) is 6.36. The zero-order valence-electron chi connectivity index (χ0n) is 34.7. The summed E-state index contributed by atoms with van der Waals surface area (Å²) >= 11 is 19.7. The molecule has 2 aromatic rings. The van der Waals surface area contributed by atoms with E-state index in [4.69, 9.17) is 49.0 Å². The van der Waals surface area contributed by atoms with Gasteiger partial charge in [0.25, 0.3) is 5.91 Å². The van der Waals surface area contributed by atoms with Gasteiger partial charge >= 0.3 is 18.3 Å². The van der Waals surface area contributed by atoms with Crippen molar-refractivity contribution in [3.63, 3.8) is 0 Å². The molecule has 0 aliphatic carbocycles. The lowest BCUT2D eigenvalue weighted by Gasteiger charge is -2.59. The molecule has 0 saturated heterocycles. The van der Waals surface area contributed by atoms with Gasteiger partial charge in [0.05, 0.1) is 23.2 Å². The van der Waals surface area contributed by atoms with Crippen molar-refractivity contribution in [3.05, 3.63) is 68.2 Å². The van der Waals surface area contributed by atoms with Gasteiger partial charge in [0.2, 0.25) is 5.79 Å². The highest BCUT2D eigenvalue weighted by Gasteiger charge is 2.68. The third-order valence-electron chi connectivity index (χ3n) is 8.68. The van der Waals surface area contributed by atoms with Crippen LogP contribution in [0.3, 0.4) is 0 Å². The van der Waals surface area contributed by atoms with Crippen LogP contribution >= 0.6 is 34.8 Å².